The number of aliphatic hydroxyl groups excluding tert-OH is 2. The monoisotopic (exact) mass is 464 g/mol. The fraction of sp³-hybridized carbons (Fsp3) is 0.536. The number of hydrogen-bond donors (Lipinski definition) is 3. The van der Waals surface area contributed by atoms with Gasteiger partial charge >= 0.3 is 5.97 Å². The van der Waals surface area contributed by atoms with Gasteiger partial charge in [0.2, 0.25) is 11.5 Å². The number of fused-ring (bicyclic) bond motifs is 5. The molecule has 1 aromatic rings. The molecule has 34 heavy (non-hydrogen) atoms. The van der Waals surface area contributed by atoms with E-state index in [1.54, 1.807) is 25.1 Å². The summed E-state index contributed by atoms with van der Waals surface area (Å²) in [7, 11) is 0. The minimum Gasteiger partial charge on any atom is -0.504 e. The number of carbonyl (C=O) groups is 3. The molecule has 4 aliphatic carbocycles. The van der Waals surface area contributed by atoms with Crippen molar-refractivity contribution in [2.45, 2.75) is 64.7 Å². The van der Waals surface area contributed by atoms with Crippen molar-refractivity contribution in [1.82, 2.24) is 0 Å². The Balaban J connectivity index is 1.61. The summed E-state index contributed by atoms with van der Waals surface area (Å²) in [5, 5.41) is 30.3. The van der Waals surface area contributed by atoms with Gasteiger partial charge < -0.3 is 15.3 Å². The van der Waals surface area contributed by atoms with Crippen molar-refractivity contribution in [3.05, 3.63) is 58.6 Å². The average molecular weight is 465 g/mol. The predicted molar refractivity (Wildman–Crippen MR) is 126 cm³/mol. The minimum absolute atomic E-state index is 0.00537. The van der Waals surface area contributed by atoms with Gasteiger partial charge in [-0.15, -0.1) is 0 Å². The number of aliphatic hydroxyl groups is 2. The maximum absolute atomic E-state index is 13.5. The Morgan fingerprint density at radius 2 is 1.68 bits per heavy atom. The van der Waals surface area contributed by atoms with E-state index in [-0.39, 0.29) is 34.9 Å². The largest absolute Gasteiger partial charge is 0.504 e. The summed E-state index contributed by atoms with van der Waals surface area (Å²) in [6.07, 6.45) is 5.86. The quantitative estimate of drug-likeness (QED) is 0.560. The van der Waals surface area contributed by atoms with Crippen LogP contribution in [-0.4, -0.2) is 32.9 Å². The van der Waals surface area contributed by atoms with Crippen molar-refractivity contribution in [2.75, 3.05) is 0 Å². The topological polar surface area (TPSA) is 112 Å². The third-order valence-electron chi connectivity index (χ3n) is 10.2. The highest BCUT2D eigenvalue weighted by Gasteiger charge is 2.67. The van der Waals surface area contributed by atoms with Gasteiger partial charge in [0.1, 0.15) is 5.78 Å². The summed E-state index contributed by atoms with van der Waals surface area (Å²) >= 11 is 0. The number of ketones is 2. The van der Waals surface area contributed by atoms with Crippen molar-refractivity contribution >= 4 is 17.5 Å². The Labute approximate surface area is 199 Å². The second-order valence-corrected chi connectivity index (χ2v) is 11.2. The van der Waals surface area contributed by atoms with Gasteiger partial charge in [-0.05, 0) is 93.2 Å². The van der Waals surface area contributed by atoms with Gasteiger partial charge in [-0.2, -0.15) is 0 Å². The molecule has 4 aliphatic rings. The molecule has 5 rings (SSSR count). The van der Waals surface area contributed by atoms with Crippen LogP contribution in [0.3, 0.4) is 0 Å². The van der Waals surface area contributed by atoms with Crippen LogP contribution in [0.1, 0.15) is 75.2 Å². The van der Waals surface area contributed by atoms with Crippen LogP contribution < -0.4 is 0 Å². The summed E-state index contributed by atoms with van der Waals surface area (Å²) in [5.74, 6) is -1.99. The van der Waals surface area contributed by atoms with E-state index in [0.29, 0.717) is 31.2 Å². The third-order valence-corrected chi connectivity index (χ3v) is 10.2. The lowest BCUT2D eigenvalue weighted by Gasteiger charge is -2.59. The van der Waals surface area contributed by atoms with E-state index < -0.39 is 33.8 Å². The van der Waals surface area contributed by atoms with Crippen molar-refractivity contribution < 1.29 is 29.7 Å². The lowest BCUT2D eigenvalue weighted by atomic mass is 9.44. The first-order valence-electron chi connectivity index (χ1n) is 12.2. The third kappa shape index (κ3) is 2.60. The Kier molecular flexibility index (Phi) is 4.91. The van der Waals surface area contributed by atoms with Crippen molar-refractivity contribution in [1.29, 1.82) is 0 Å². The number of carbonyl (C=O) groups excluding carboxylic acids is 2. The van der Waals surface area contributed by atoms with Gasteiger partial charge in [-0.3, -0.25) is 9.59 Å². The number of carboxylic acids is 1. The van der Waals surface area contributed by atoms with Crippen LogP contribution in [0.5, 0.6) is 0 Å². The first-order valence-corrected chi connectivity index (χ1v) is 12.2. The first kappa shape index (κ1) is 22.9. The fourth-order valence-corrected chi connectivity index (χ4v) is 8.65. The van der Waals surface area contributed by atoms with Crippen molar-refractivity contribution in [3.63, 3.8) is 0 Å². The number of allylic oxidation sites excluding steroid dienone is 3. The maximum atomic E-state index is 13.5. The van der Waals surface area contributed by atoms with E-state index in [0.717, 1.165) is 18.4 Å². The Morgan fingerprint density at radius 3 is 2.35 bits per heavy atom. The highest BCUT2D eigenvalue weighted by atomic mass is 16.4. The van der Waals surface area contributed by atoms with E-state index >= 15 is 0 Å². The number of Topliss-reactive ketones (excluding diaryl/α,β-unsaturated/α-hetero) is 2. The second kappa shape index (κ2) is 7.30. The first-order chi connectivity index (χ1) is 16.0. The molecule has 0 spiro atoms. The number of carboxylic acid groups (broad SMARTS) is 1. The molecule has 3 fully saturated rings. The smallest absolute Gasteiger partial charge is 0.335 e. The molecule has 1 aromatic carbocycles. The standard InChI is InChI=1S/C28H32O6/c1-15(29)28(21-7-5-4-6-18(21)25(33)34)13-11-19-17-9-8-16-14-22(30)23(31)24(32)27(16,3)20(17)10-12-26(19,28)2/h4-7,14,17,19-20,30-31H,8-13H2,1-3H3,(H,33,34)/t17-,19-,20-,26-,27-,28+/m0/s1. The summed E-state index contributed by atoms with van der Waals surface area (Å²) in [6.45, 7) is 5.65. The van der Waals surface area contributed by atoms with Crippen LogP contribution in [0.4, 0.5) is 0 Å². The minimum atomic E-state index is -1.02. The molecule has 6 heteroatoms. The Morgan fingerprint density at radius 1 is 1.00 bits per heavy atom. The zero-order valence-corrected chi connectivity index (χ0v) is 19.9. The Bertz CT molecular complexity index is 1180. The SMILES string of the molecule is CC(=O)[C@@]1(c2ccccc2C(=O)O)CC[C@H]2[C@@H]3CCC4=CC(O)=C(O)C(=O)[C@]4(C)[C@H]3CC[C@@]21C. The van der Waals surface area contributed by atoms with Crippen LogP contribution in [0.2, 0.25) is 0 Å². The summed E-state index contributed by atoms with van der Waals surface area (Å²) < 4.78 is 0. The fourth-order valence-electron chi connectivity index (χ4n) is 8.65. The molecule has 0 aliphatic heterocycles. The maximum Gasteiger partial charge on any atom is 0.335 e. The van der Waals surface area contributed by atoms with E-state index in [1.807, 2.05) is 19.1 Å². The molecule has 0 unspecified atom stereocenters. The van der Waals surface area contributed by atoms with Crippen LogP contribution >= 0.6 is 0 Å². The second-order valence-electron chi connectivity index (χ2n) is 11.2. The van der Waals surface area contributed by atoms with Gasteiger partial charge in [0, 0.05) is 0 Å². The van der Waals surface area contributed by atoms with E-state index in [2.05, 4.69) is 6.92 Å². The van der Waals surface area contributed by atoms with Crippen LogP contribution in [0.25, 0.3) is 0 Å². The molecule has 0 aromatic heterocycles. The number of hydrogen-bond acceptors (Lipinski definition) is 5. The number of aromatic carboxylic acids is 1. The van der Waals surface area contributed by atoms with E-state index in [1.165, 1.54) is 0 Å². The number of rotatable bonds is 3. The van der Waals surface area contributed by atoms with E-state index in [4.69, 9.17) is 0 Å². The molecular weight excluding hydrogens is 432 g/mol. The predicted octanol–water partition coefficient (Wildman–Crippen LogP) is 5.29. The summed E-state index contributed by atoms with van der Waals surface area (Å²) in [6, 6.07) is 6.91. The molecule has 180 valence electrons. The highest BCUT2D eigenvalue weighted by Crippen LogP contribution is 2.70. The summed E-state index contributed by atoms with van der Waals surface area (Å²) in [4.78, 5) is 38.9. The normalized spacial score (nSPS) is 39.1. The molecule has 0 heterocycles. The molecule has 3 saturated carbocycles. The van der Waals surface area contributed by atoms with Crippen LogP contribution in [0.15, 0.2) is 47.4 Å². The molecule has 0 saturated heterocycles. The van der Waals surface area contributed by atoms with Gasteiger partial charge in [-0.25, -0.2) is 4.79 Å². The zero-order chi connectivity index (χ0) is 24.6. The summed E-state index contributed by atoms with van der Waals surface area (Å²) in [5.41, 5.74) is -0.492. The van der Waals surface area contributed by atoms with Crippen molar-refractivity contribution in [2.24, 2.45) is 28.6 Å². The number of benzene rings is 1. The van der Waals surface area contributed by atoms with Gasteiger partial charge in [0.25, 0.3) is 0 Å². The van der Waals surface area contributed by atoms with Crippen molar-refractivity contribution in [3.8, 4) is 0 Å². The molecule has 6 atom stereocenters. The van der Waals surface area contributed by atoms with Gasteiger partial charge in [-0.1, -0.05) is 30.7 Å². The highest BCUT2D eigenvalue weighted by molar-refractivity contribution is 6.02. The average Bonchev–Trinajstić information content (AvgIpc) is 3.12. The van der Waals surface area contributed by atoms with Gasteiger partial charge in [0.05, 0.1) is 16.4 Å². The molecule has 0 amide bonds. The van der Waals surface area contributed by atoms with Crippen LogP contribution in [-0.2, 0) is 15.0 Å². The molecule has 6 nitrogen and oxygen atoms in total. The molecule has 0 bridgehead atoms. The lowest BCUT2D eigenvalue weighted by molar-refractivity contribution is -0.140. The lowest BCUT2D eigenvalue weighted by Crippen LogP contribution is -2.57. The molecule has 0 radical (unpaired) electrons. The Hall–Kier alpha value is -2.89. The molecule has 3 N–H and O–H groups in total. The van der Waals surface area contributed by atoms with Crippen LogP contribution in [0, 0.1) is 28.6 Å². The molecular formula is C28H32O6. The van der Waals surface area contributed by atoms with Gasteiger partial charge in [0.15, 0.2) is 5.76 Å². The van der Waals surface area contributed by atoms with E-state index in [9.17, 15) is 29.7 Å². The zero-order valence-electron chi connectivity index (χ0n) is 19.9.